The van der Waals surface area contributed by atoms with E-state index >= 15 is 0 Å². The van der Waals surface area contributed by atoms with Crippen molar-refractivity contribution in [3.8, 4) is 6.07 Å². The van der Waals surface area contributed by atoms with Crippen molar-refractivity contribution in [2.75, 3.05) is 45.8 Å². The molecule has 4 aliphatic rings. The van der Waals surface area contributed by atoms with Gasteiger partial charge >= 0.3 is 0 Å². The molecule has 3 atom stereocenters. The van der Waals surface area contributed by atoms with Crippen molar-refractivity contribution in [2.24, 2.45) is 17.8 Å². The van der Waals surface area contributed by atoms with Crippen molar-refractivity contribution in [3.63, 3.8) is 0 Å². The Balaban J connectivity index is 1.27. The van der Waals surface area contributed by atoms with Crippen LogP contribution in [0, 0.1) is 40.7 Å². The molecule has 4 aliphatic heterocycles. The van der Waals surface area contributed by atoms with Gasteiger partial charge in [-0.25, -0.2) is 8.78 Å². The van der Waals surface area contributed by atoms with Crippen molar-refractivity contribution >= 4 is 33.6 Å². The van der Waals surface area contributed by atoms with E-state index in [0.717, 1.165) is 12.1 Å². The number of carbonyl (C=O) groups excluding carboxylic acids is 2. The predicted octanol–water partition coefficient (Wildman–Crippen LogP) is 1.40. The number of likely N-dealkylation sites (tertiary alicyclic amines) is 1. The molecule has 0 saturated carbocycles. The van der Waals surface area contributed by atoms with Crippen molar-refractivity contribution in [3.05, 3.63) is 34.4 Å². The zero-order valence-electron chi connectivity index (χ0n) is 21.3. The molecule has 5 rings (SSSR count). The highest BCUT2D eigenvalue weighted by Crippen LogP contribution is 2.32. The lowest BCUT2D eigenvalue weighted by Gasteiger charge is -2.41. The monoisotopic (exact) mass is 584 g/mol. The number of carbonyl (C=O) groups is 2. The Kier molecular flexibility index (Phi) is 8.13. The first-order valence-corrected chi connectivity index (χ1v) is 15.0. The molecule has 0 radical (unpaired) electrons. The van der Waals surface area contributed by atoms with Gasteiger partial charge in [0.1, 0.15) is 17.7 Å². The number of hydrogen-bond donors (Lipinski definition) is 2. The van der Waals surface area contributed by atoms with Gasteiger partial charge in [-0.3, -0.25) is 9.59 Å². The van der Waals surface area contributed by atoms with E-state index in [4.69, 9.17) is 16.9 Å². The Labute approximate surface area is 231 Å². The van der Waals surface area contributed by atoms with Gasteiger partial charge in [-0.2, -0.15) is 22.3 Å². The third-order valence-electron chi connectivity index (χ3n) is 8.21. The van der Waals surface area contributed by atoms with Crippen LogP contribution in [0.15, 0.2) is 12.1 Å². The summed E-state index contributed by atoms with van der Waals surface area (Å²) in [5.41, 5.74) is 0.00499. The zero-order chi connectivity index (χ0) is 27.9. The minimum atomic E-state index is -3.77. The van der Waals surface area contributed by atoms with E-state index < -0.39 is 45.8 Å². The molecule has 0 spiro atoms. The van der Waals surface area contributed by atoms with E-state index in [9.17, 15) is 26.8 Å². The van der Waals surface area contributed by atoms with E-state index in [1.54, 1.807) is 0 Å². The molecule has 39 heavy (non-hydrogen) atoms. The number of amides is 2. The van der Waals surface area contributed by atoms with Crippen LogP contribution in [0.25, 0.3) is 0 Å². The molecular weight excluding hydrogens is 554 g/mol. The van der Waals surface area contributed by atoms with Crippen LogP contribution in [0.2, 0.25) is 5.02 Å². The van der Waals surface area contributed by atoms with E-state index in [1.807, 2.05) is 0 Å². The molecule has 4 heterocycles. The van der Waals surface area contributed by atoms with E-state index in [2.05, 4.69) is 16.7 Å². The molecule has 2 N–H and O–H groups in total. The summed E-state index contributed by atoms with van der Waals surface area (Å²) in [7, 11) is -3.77. The van der Waals surface area contributed by atoms with Crippen LogP contribution < -0.4 is 10.6 Å². The second kappa shape index (κ2) is 11.2. The minimum absolute atomic E-state index is 0.00499. The maximum atomic E-state index is 14.8. The maximum Gasteiger partial charge on any atom is 0.282 e. The molecule has 0 bridgehead atoms. The Morgan fingerprint density at radius 1 is 1.08 bits per heavy atom. The number of nitrogens with one attached hydrogen (secondary N) is 2. The van der Waals surface area contributed by atoms with Crippen molar-refractivity contribution < 1.29 is 26.8 Å². The van der Waals surface area contributed by atoms with Crippen LogP contribution in [0.5, 0.6) is 0 Å². The quantitative estimate of drug-likeness (QED) is 0.467. The average molecular weight is 585 g/mol. The summed E-state index contributed by atoms with van der Waals surface area (Å²) in [5.74, 6) is -3.30. The summed E-state index contributed by atoms with van der Waals surface area (Å²) in [5, 5.41) is 14.6. The molecule has 10 nitrogen and oxygen atoms in total. The van der Waals surface area contributed by atoms with Gasteiger partial charge in [0, 0.05) is 57.3 Å². The topological polar surface area (TPSA) is 126 Å². The summed E-state index contributed by atoms with van der Waals surface area (Å²) in [6, 6.07) is 2.38. The number of nitrogens with zero attached hydrogens (tertiary/aromatic N) is 4. The predicted molar refractivity (Wildman–Crippen MR) is 137 cm³/mol. The second-order valence-electron chi connectivity index (χ2n) is 10.7. The Morgan fingerprint density at radius 2 is 1.79 bits per heavy atom. The Bertz CT molecular complexity index is 1280. The molecule has 4 saturated heterocycles. The molecule has 0 aliphatic carbocycles. The largest absolute Gasteiger partial charge is 0.347 e. The average Bonchev–Trinajstić information content (AvgIpc) is 3.34. The lowest BCUT2D eigenvalue weighted by molar-refractivity contribution is -0.143. The SMILES string of the molecule is N#CC1CN(S(=O)(=O)N2CCC[C@H](C(=O)N3CCC[C@@H]3C(=O)NC(c3cc(F)c(Cl)cc3F)C3CNC3)C2)C1. The van der Waals surface area contributed by atoms with Crippen LogP contribution in [0.1, 0.15) is 37.3 Å². The zero-order valence-corrected chi connectivity index (χ0v) is 22.9. The summed E-state index contributed by atoms with van der Waals surface area (Å²) < 4.78 is 57.5. The first-order valence-electron chi connectivity index (χ1n) is 13.2. The van der Waals surface area contributed by atoms with E-state index in [-0.39, 0.29) is 48.0 Å². The Morgan fingerprint density at radius 3 is 2.46 bits per heavy atom. The number of nitriles is 1. The normalized spacial score (nSPS) is 25.9. The lowest BCUT2D eigenvalue weighted by Crippen LogP contribution is -2.58. The van der Waals surface area contributed by atoms with Crippen LogP contribution in [0.3, 0.4) is 0 Å². The fourth-order valence-corrected chi connectivity index (χ4v) is 7.73. The first kappa shape index (κ1) is 28.2. The van der Waals surface area contributed by atoms with Crippen molar-refractivity contribution in [2.45, 2.75) is 37.8 Å². The van der Waals surface area contributed by atoms with E-state index in [1.165, 1.54) is 13.5 Å². The highest BCUT2D eigenvalue weighted by molar-refractivity contribution is 7.86. The van der Waals surface area contributed by atoms with Gasteiger partial charge in [-0.1, -0.05) is 11.6 Å². The number of hydrogen-bond acceptors (Lipinski definition) is 6. The third kappa shape index (κ3) is 5.50. The number of piperidine rings is 1. The number of halogens is 3. The number of rotatable bonds is 7. The lowest BCUT2D eigenvalue weighted by atomic mass is 9.87. The van der Waals surface area contributed by atoms with Crippen LogP contribution in [0.4, 0.5) is 8.78 Å². The van der Waals surface area contributed by atoms with Crippen molar-refractivity contribution in [1.82, 2.24) is 24.1 Å². The smallest absolute Gasteiger partial charge is 0.282 e. The van der Waals surface area contributed by atoms with E-state index in [0.29, 0.717) is 51.9 Å². The van der Waals surface area contributed by atoms with Gasteiger partial charge < -0.3 is 15.5 Å². The first-order chi connectivity index (χ1) is 18.6. The molecule has 4 fully saturated rings. The fraction of sp³-hybridized carbons (Fsp3) is 0.640. The molecule has 14 heteroatoms. The van der Waals surface area contributed by atoms with Gasteiger partial charge in [0.2, 0.25) is 11.8 Å². The van der Waals surface area contributed by atoms with Crippen LogP contribution >= 0.6 is 11.6 Å². The molecule has 1 unspecified atom stereocenters. The second-order valence-corrected chi connectivity index (χ2v) is 13.1. The van der Waals surface area contributed by atoms with Gasteiger partial charge in [0.25, 0.3) is 10.2 Å². The molecule has 0 aromatic heterocycles. The summed E-state index contributed by atoms with van der Waals surface area (Å²) in [4.78, 5) is 28.5. The van der Waals surface area contributed by atoms with Gasteiger partial charge in [0.15, 0.2) is 0 Å². The highest BCUT2D eigenvalue weighted by Gasteiger charge is 2.44. The van der Waals surface area contributed by atoms with Gasteiger partial charge in [0.05, 0.1) is 29.0 Å². The number of benzene rings is 1. The summed E-state index contributed by atoms with van der Waals surface area (Å²) >= 11 is 5.72. The standard InChI is InChI=1S/C25H31ClF2N6O4S/c26-19-8-20(27)18(7-21(19)28)23(17-10-30-11-17)31-24(35)22-4-2-6-34(22)25(36)16-3-1-5-32(14-16)39(37,38)33-12-15(9-29)13-33/h7-8,15-17,22-23,30H,1-6,10-14H2,(H,31,35)/t16-,22+,23?/m0/s1. The minimum Gasteiger partial charge on any atom is -0.347 e. The summed E-state index contributed by atoms with van der Waals surface area (Å²) in [6.07, 6.45) is 2.03. The summed E-state index contributed by atoms with van der Waals surface area (Å²) in [6.45, 7) is 2.00. The molecule has 212 valence electrons. The van der Waals surface area contributed by atoms with Gasteiger partial charge in [-0.05, 0) is 37.8 Å². The highest BCUT2D eigenvalue weighted by atomic mass is 35.5. The molecule has 1 aromatic carbocycles. The molecule has 2 amide bonds. The van der Waals surface area contributed by atoms with Crippen LogP contribution in [-0.2, 0) is 19.8 Å². The maximum absolute atomic E-state index is 14.8. The van der Waals surface area contributed by atoms with Gasteiger partial charge in [-0.15, -0.1) is 0 Å². The third-order valence-corrected chi connectivity index (χ3v) is 10.4. The fourth-order valence-electron chi connectivity index (χ4n) is 5.78. The van der Waals surface area contributed by atoms with Crippen molar-refractivity contribution in [1.29, 1.82) is 5.26 Å². The molecular formula is C25H31ClF2N6O4S. The molecule has 1 aromatic rings. The Hall–Kier alpha value is -2.37. The van der Waals surface area contributed by atoms with Crippen LogP contribution in [-0.4, -0.2) is 85.6 Å².